The van der Waals surface area contributed by atoms with Gasteiger partial charge in [0.25, 0.3) is 5.56 Å². The average Bonchev–Trinajstić information content (AvgIpc) is 3.26. The van der Waals surface area contributed by atoms with Crippen LogP contribution in [0.5, 0.6) is 0 Å². The summed E-state index contributed by atoms with van der Waals surface area (Å²) in [4.78, 5) is 39.7. The Morgan fingerprint density at radius 2 is 1.57 bits per heavy atom. The van der Waals surface area contributed by atoms with Crippen LogP contribution in [0.2, 0.25) is 0 Å². The van der Waals surface area contributed by atoms with Crippen molar-refractivity contribution >= 4 is 11.8 Å². The summed E-state index contributed by atoms with van der Waals surface area (Å²) < 4.78 is 15.7. The van der Waals surface area contributed by atoms with Crippen LogP contribution in [0.4, 0.5) is 4.39 Å². The third kappa shape index (κ3) is 5.67. The molecule has 0 bridgehead atoms. The Bertz CT molecular complexity index is 1220. The van der Waals surface area contributed by atoms with Gasteiger partial charge in [-0.3, -0.25) is 14.4 Å². The largest absolute Gasteiger partial charge is 0.343 e. The van der Waals surface area contributed by atoms with Gasteiger partial charge in [-0.15, -0.1) is 0 Å². The van der Waals surface area contributed by atoms with Gasteiger partial charge in [-0.2, -0.15) is 0 Å². The van der Waals surface area contributed by atoms with Gasteiger partial charge < -0.3 is 14.8 Å². The first-order valence-electron chi connectivity index (χ1n) is 11.9. The minimum atomic E-state index is -1.30. The van der Waals surface area contributed by atoms with E-state index in [1.165, 1.54) is 27.3 Å². The number of rotatable bonds is 7. The maximum atomic E-state index is 14.4. The second-order valence-corrected chi connectivity index (χ2v) is 9.24. The Balaban J connectivity index is 1.56. The number of amides is 2. The molecule has 1 aromatic heterocycles. The van der Waals surface area contributed by atoms with Crippen LogP contribution in [0.1, 0.15) is 48.9 Å². The van der Waals surface area contributed by atoms with Crippen molar-refractivity contribution < 1.29 is 14.0 Å². The zero-order chi connectivity index (χ0) is 24.9. The molecule has 1 saturated heterocycles. The number of hydrogen-bond donors (Lipinski definition) is 1. The van der Waals surface area contributed by atoms with Gasteiger partial charge in [0, 0.05) is 18.7 Å². The van der Waals surface area contributed by atoms with Crippen molar-refractivity contribution in [3.05, 3.63) is 106 Å². The lowest BCUT2D eigenvalue weighted by molar-refractivity contribution is -0.139. The highest BCUT2D eigenvalue weighted by atomic mass is 19.1. The normalized spacial score (nSPS) is 18.5. The van der Waals surface area contributed by atoms with Crippen LogP contribution in [0, 0.1) is 0 Å². The fourth-order valence-electron chi connectivity index (χ4n) is 4.45. The highest BCUT2D eigenvalue weighted by Crippen LogP contribution is 2.27. The topological polar surface area (TPSA) is 71.4 Å². The first-order chi connectivity index (χ1) is 16.8. The molecule has 2 aromatic carbocycles. The Morgan fingerprint density at radius 1 is 0.943 bits per heavy atom. The molecule has 3 atom stereocenters. The van der Waals surface area contributed by atoms with E-state index in [4.69, 9.17) is 0 Å². The van der Waals surface area contributed by atoms with Gasteiger partial charge >= 0.3 is 0 Å². The maximum Gasteiger partial charge on any atom is 0.250 e. The van der Waals surface area contributed by atoms with Crippen LogP contribution >= 0.6 is 0 Å². The molecule has 35 heavy (non-hydrogen) atoms. The summed E-state index contributed by atoms with van der Waals surface area (Å²) in [5.74, 6) is -0.498. The molecule has 6 nitrogen and oxygen atoms in total. The van der Waals surface area contributed by atoms with Crippen molar-refractivity contribution in [2.24, 2.45) is 0 Å². The summed E-state index contributed by atoms with van der Waals surface area (Å²) in [6, 6.07) is 20.8. The van der Waals surface area contributed by atoms with Crippen LogP contribution in [0.15, 0.2) is 83.8 Å². The van der Waals surface area contributed by atoms with Gasteiger partial charge in [0.2, 0.25) is 11.8 Å². The van der Waals surface area contributed by atoms with E-state index in [2.05, 4.69) is 19.2 Å². The lowest BCUT2D eigenvalue weighted by Gasteiger charge is -2.27. The second kappa shape index (κ2) is 10.7. The summed E-state index contributed by atoms with van der Waals surface area (Å²) in [5.41, 5.74) is 2.65. The molecule has 1 N–H and O–H groups in total. The zero-order valence-corrected chi connectivity index (χ0v) is 19.9. The van der Waals surface area contributed by atoms with E-state index in [0.29, 0.717) is 5.92 Å². The fourth-order valence-corrected chi connectivity index (χ4v) is 4.45. The van der Waals surface area contributed by atoms with Gasteiger partial charge in [-0.25, -0.2) is 4.39 Å². The van der Waals surface area contributed by atoms with Gasteiger partial charge in [0.15, 0.2) is 0 Å². The van der Waals surface area contributed by atoms with E-state index in [1.807, 2.05) is 54.6 Å². The molecular formula is C28H30FN3O3. The van der Waals surface area contributed by atoms with E-state index in [9.17, 15) is 18.8 Å². The Labute approximate surface area is 204 Å². The number of nitrogens with zero attached hydrogens (tertiary/aromatic N) is 2. The van der Waals surface area contributed by atoms with Crippen LogP contribution < -0.4 is 10.9 Å². The van der Waals surface area contributed by atoms with Crippen LogP contribution in [-0.4, -0.2) is 40.0 Å². The Kier molecular flexibility index (Phi) is 7.44. The molecular weight excluding hydrogens is 445 g/mol. The van der Waals surface area contributed by atoms with Crippen molar-refractivity contribution in [1.29, 1.82) is 0 Å². The molecule has 0 spiro atoms. The van der Waals surface area contributed by atoms with Crippen molar-refractivity contribution in [1.82, 2.24) is 14.8 Å². The average molecular weight is 476 g/mol. The Hall–Kier alpha value is -3.74. The van der Waals surface area contributed by atoms with Gasteiger partial charge in [0.05, 0.1) is 12.6 Å². The third-order valence-electron chi connectivity index (χ3n) is 6.43. The summed E-state index contributed by atoms with van der Waals surface area (Å²) in [5, 5.41) is 3.05. The molecule has 2 heterocycles. The molecule has 0 aliphatic carbocycles. The highest BCUT2D eigenvalue weighted by Gasteiger charge is 2.40. The van der Waals surface area contributed by atoms with Gasteiger partial charge in [-0.05, 0) is 28.7 Å². The minimum Gasteiger partial charge on any atom is -0.343 e. The number of nitrogens with one attached hydrogen (secondary N) is 1. The summed E-state index contributed by atoms with van der Waals surface area (Å²) in [7, 11) is 0. The standard InChI is InChI=1S/C28H30FN3O3/c1-19(2)20-11-13-22(14-12-20)27(21-8-4-3-5-9-21)30-28(35)24-16-23(29)17-32(24)26(34)18-31-15-7-6-10-25(31)33/h3-15,19,23-24,27H,16-18H2,1-2H3,(H,30,35). The third-order valence-corrected chi connectivity index (χ3v) is 6.43. The number of alkyl halides is 1. The highest BCUT2D eigenvalue weighted by molar-refractivity contribution is 5.89. The predicted octanol–water partition coefficient (Wildman–Crippen LogP) is 3.82. The van der Waals surface area contributed by atoms with Crippen LogP contribution in [0.3, 0.4) is 0 Å². The molecule has 0 saturated carbocycles. The number of likely N-dealkylation sites (tertiary alicyclic amines) is 1. The van der Waals surface area contributed by atoms with Crippen molar-refractivity contribution in [2.75, 3.05) is 6.54 Å². The molecule has 3 unspecified atom stereocenters. The lowest BCUT2D eigenvalue weighted by atomic mass is 9.95. The van der Waals surface area contributed by atoms with E-state index in [-0.39, 0.29) is 25.1 Å². The molecule has 182 valence electrons. The van der Waals surface area contributed by atoms with E-state index in [0.717, 1.165) is 11.1 Å². The number of carbonyl (C=O) groups excluding carboxylic acids is 2. The van der Waals surface area contributed by atoms with Crippen molar-refractivity contribution in [3.63, 3.8) is 0 Å². The number of carbonyl (C=O) groups is 2. The molecule has 0 radical (unpaired) electrons. The molecule has 3 aromatic rings. The van der Waals surface area contributed by atoms with Crippen LogP contribution in [0.25, 0.3) is 0 Å². The molecule has 1 aliphatic rings. The van der Waals surface area contributed by atoms with Crippen molar-refractivity contribution in [2.45, 2.75) is 51.0 Å². The molecule has 2 amide bonds. The zero-order valence-electron chi connectivity index (χ0n) is 19.9. The molecule has 7 heteroatoms. The molecule has 1 aliphatic heterocycles. The van der Waals surface area contributed by atoms with E-state index >= 15 is 0 Å². The smallest absolute Gasteiger partial charge is 0.250 e. The first kappa shape index (κ1) is 24.4. The van der Waals surface area contributed by atoms with Gasteiger partial charge in [0.1, 0.15) is 18.8 Å². The SMILES string of the molecule is CC(C)c1ccc(C(NC(=O)C2CC(F)CN2C(=O)Cn2ccccc2=O)c2ccccc2)cc1. The Morgan fingerprint density at radius 3 is 2.23 bits per heavy atom. The molecule has 1 fully saturated rings. The minimum absolute atomic E-state index is 0.0743. The van der Waals surface area contributed by atoms with E-state index < -0.39 is 30.1 Å². The molecule has 4 rings (SSSR count). The van der Waals surface area contributed by atoms with E-state index in [1.54, 1.807) is 12.1 Å². The summed E-state index contributed by atoms with van der Waals surface area (Å²) in [6.45, 7) is 3.83. The van der Waals surface area contributed by atoms with Crippen LogP contribution in [-0.2, 0) is 16.1 Å². The summed E-state index contributed by atoms with van der Waals surface area (Å²) in [6.07, 6.45) is 0.127. The first-order valence-corrected chi connectivity index (χ1v) is 11.9. The fraction of sp³-hybridized carbons (Fsp3) is 0.321. The second-order valence-electron chi connectivity index (χ2n) is 9.24. The number of benzene rings is 2. The van der Waals surface area contributed by atoms with Crippen molar-refractivity contribution in [3.8, 4) is 0 Å². The number of pyridine rings is 1. The number of halogens is 1. The predicted molar refractivity (Wildman–Crippen MR) is 133 cm³/mol. The quantitative estimate of drug-likeness (QED) is 0.565. The number of aromatic nitrogens is 1. The lowest BCUT2D eigenvalue weighted by Crippen LogP contribution is -2.48. The number of hydrogen-bond acceptors (Lipinski definition) is 3. The maximum absolute atomic E-state index is 14.4. The summed E-state index contributed by atoms with van der Waals surface area (Å²) >= 11 is 0. The van der Waals surface area contributed by atoms with Gasteiger partial charge in [-0.1, -0.05) is 74.5 Å². The monoisotopic (exact) mass is 475 g/mol.